The fourth-order valence-corrected chi connectivity index (χ4v) is 11.2. The van der Waals surface area contributed by atoms with Crippen molar-refractivity contribution < 1.29 is 4.42 Å². The summed E-state index contributed by atoms with van der Waals surface area (Å²) in [5, 5.41) is 13.9. The van der Waals surface area contributed by atoms with E-state index in [4.69, 9.17) is 14.4 Å². The molecule has 0 N–H and O–H groups in total. The van der Waals surface area contributed by atoms with Crippen LogP contribution >= 0.6 is 0 Å². The van der Waals surface area contributed by atoms with Crippen LogP contribution in [0.15, 0.2) is 235 Å². The molecule has 0 bridgehead atoms. The molecule has 69 heavy (non-hydrogen) atoms. The van der Waals surface area contributed by atoms with Crippen LogP contribution in [0.1, 0.15) is 0 Å². The Morgan fingerprint density at radius 3 is 1.77 bits per heavy atom. The van der Waals surface area contributed by atoms with E-state index in [0.29, 0.717) is 5.95 Å². The second-order valence-corrected chi connectivity index (χ2v) is 18.1. The summed E-state index contributed by atoms with van der Waals surface area (Å²) in [6.07, 6.45) is 0. The van der Waals surface area contributed by atoms with Gasteiger partial charge in [-0.1, -0.05) is 170 Å². The molecule has 0 saturated heterocycles. The topological polar surface area (TPSA) is 48.8 Å². The van der Waals surface area contributed by atoms with Crippen LogP contribution in [0.4, 0.5) is 0 Å². The van der Waals surface area contributed by atoms with Crippen molar-refractivity contribution in [3.63, 3.8) is 0 Å². The Bertz CT molecular complexity index is 4590. The first-order chi connectivity index (χ1) is 34.2. The van der Waals surface area contributed by atoms with Gasteiger partial charge in [0.15, 0.2) is 0 Å². The minimum atomic E-state index is 0.602. The molecule has 4 aromatic heterocycles. The molecule has 0 radical (unpaired) electrons. The summed E-state index contributed by atoms with van der Waals surface area (Å²) >= 11 is 0. The number of hydrogen-bond acceptors (Lipinski definition) is 3. The second-order valence-electron chi connectivity index (χ2n) is 18.1. The van der Waals surface area contributed by atoms with E-state index in [2.05, 4.69) is 234 Å². The third kappa shape index (κ3) is 5.65. The van der Waals surface area contributed by atoms with Gasteiger partial charge in [0.2, 0.25) is 5.95 Å². The first kappa shape index (κ1) is 37.9. The highest BCUT2D eigenvalue weighted by Crippen LogP contribution is 2.45. The highest BCUT2D eigenvalue weighted by atomic mass is 16.3. The molecule has 0 saturated carbocycles. The van der Waals surface area contributed by atoms with Crippen molar-refractivity contribution in [2.45, 2.75) is 0 Å². The maximum atomic E-state index is 6.87. The van der Waals surface area contributed by atoms with E-state index < -0.39 is 0 Å². The number of fused-ring (bicyclic) bond motifs is 15. The molecule has 0 unspecified atom stereocenters. The summed E-state index contributed by atoms with van der Waals surface area (Å²) in [5.74, 6) is 0.602. The lowest BCUT2D eigenvalue weighted by atomic mass is 9.98. The van der Waals surface area contributed by atoms with Crippen molar-refractivity contribution in [3.05, 3.63) is 231 Å². The number of furan rings is 1. The predicted molar refractivity (Wildman–Crippen MR) is 287 cm³/mol. The predicted octanol–water partition coefficient (Wildman–Crippen LogP) is 17.0. The average Bonchev–Trinajstić information content (AvgIpc) is 4.08. The molecule has 0 aliphatic heterocycles. The first-order valence-corrected chi connectivity index (χ1v) is 23.5. The van der Waals surface area contributed by atoms with Crippen molar-refractivity contribution in [1.29, 1.82) is 0 Å². The van der Waals surface area contributed by atoms with E-state index in [9.17, 15) is 0 Å². The van der Waals surface area contributed by atoms with Crippen molar-refractivity contribution >= 4 is 97.9 Å². The van der Waals surface area contributed by atoms with Crippen LogP contribution in [-0.4, -0.2) is 19.1 Å². The average molecular weight is 879 g/mol. The van der Waals surface area contributed by atoms with Gasteiger partial charge >= 0.3 is 0 Å². The number of para-hydroxylation sites is 1. The Morgan fingerprint density at radius 2 is 0.928 bits per heavy atom. The molecule has 15 rings (SSSR count). The summed E-state index contributed by atoms with van der Waals surface area (Å²) in [6, 6.07) is 82.6. The second kappa shape index (κ2) is 14.6. The van der Waals surface area contributed by atoms with Gasteiger partial charge in [0, 0.05) is 54.5 Å². The molecule has 5 nitrogen and oxygen atoms in total. The smallest absolute Gasteiger partial charge is 0.235 e. The molecule has 4 heterocycles. The quantitative estimate of drug-likeness (QED) is 0.173. The first-order valence-electron chi connectivity index (χ1n) is 23.5. The van der Waals surface area contributed by atoms with Gasteiger partial charge in [-0.2, -0.15) is 0 Å². The van der Waals surface area contributed by atoms with E-state index in [0.717, 1.165) is 105 Å². The zero-order valence-corrected chi connectivity index (χ0v) is 37.1. The normalized spacial score (nSPS) is 12.1. The van der Waals surface area contributed by atoms with Crippen LogP contribution in [0, 0.1) is 0 Å². The minimum absolute atomic E-state index is 0.602. The molecule has 0 atom stereocenters. The van der Waals surface area contributed by atoms with E-state index in [-0.39, 0.29) is 0 Å². The van der Waals surface area contributed by atoms with Crippen molar-refractivity contribution in [3.8, 4) is 45.3 Å². The van der Waals surface area contributed by atoms with Crippen LogP contribution in [0.2, 0.25) is 0 Å². The standard InChI is InChI=1S/C64H38N4O/c1-3-17-42(18-4-1)53-38-54(49-25-13-19-39-14-7-10-22-46(39)49)66-64(65-53)68-55-32-29-43(36-52(55)61-57(68)34-35-59-62(61)51-31-26-41-16-9-12-24-48(41)63(51)69-59)44-27-30-50-58(37-44)67(45-20-5-2-6-21-45)56-33-28-40-15-8-11-23-47(40)60(50)56/h1-38H. The summed E-state index contributed by atoms with van der Waals surface area (Å²) in [4.78, 5) is 11.0. The van der Waals surface area contributed by atoms with Gasteiger partial charge in [-0.3, -0.25) is 4.57 Å². The van der Waals surface area contributed by atoms with E-state index in [1.165, 1.54) is 32.4 Å². The number of benzene rings is 11. The van der Waals surface area contributed by atoms with Gasteiger partial charge in [-0.15, -0.1) is 0 Å². The molecule has 0 aliphatic carbocycles. The lowest BCUT2D eigenvalue weighted by Crippen LogP contribution is -2.04. The molecule has 11 aromatic carbocycles. The molecule has 0 amide bonds. The van der Waals surface area contributed by atoms with Gasteiger partial charge in [-0.05, 0) is 98.7 Å². The Balaban J connectivity index is 1.03. The monoisotopic (exact) mass is 878 g/mol. The Morgan fingerprint density at radius 1 is 0.319 bits per heavy atom. The van der Waals surface area contributed by atoms with Crippen LogP contribution in [0.3, 0.4) is 0 Å². The maximum Gasteiger partial charge on any atom is 0.235 e. The fraction of sp³-hybridized carbons (Fsp3) is 0. The lowest BCUT2D eigenvalue weighted by Gasteiger charge is -2.13. The van der Waals surface area contributed by atoms with Crippen molar-refractivity contribution in [2.24, 2.45) is 0 Å². The highest BCUT2D eigenvalue weighted by Gasteiger charge is 2.24. The third-order valence-corrected chi connectivity index (χ3v) is 14.3. The van der Waals surface area contributed by atoms with E-state index >= 15 is 0 Å². The molecule has 0 aliphatic rings. The largest absolute Gasteiger partial charge is 0.455 e. The molecule has 320 valence electrons. The van der Waals surface area contributed by atoms with Gasteiger partial charge in [0.1, 0.15) is 11.2 Å². The summed E-state index contributed by atoms with van der Waals surface area (Å²) in [7, 11) is 0. The van der Waals surface area contributed by atoms with Crippen LogP contribution in [0.25, 0.3) is 143 Å². The van der Waals surface area contributed by atoms with Crippen LogP contribution in [0.5, 0.6) is 0 Å². The Hall–Kier alpha value is -9.32. The van der Waals surface area contributed by atoms with Crippen LogP contribution in [-0.2, 0) is 0 Å². The zero-order valence-electron chi connectivity index (χ0n) is 37.1. The summed E-state index contributed by atoms with van der Waals surface area (Å²) in [5.41, 5.74) is 13.3. The summed E-state index contributed by atoms with van der Waals surface area (Å²) in [6.45, 7) is 0. The molecule has 0 fully saturated rings. The number of hydrogen-bond donors (Lipinski definition) is 0. The maximum absolute atomic E-state index is 6.87. The molecular weight excluding hydrogens is 841 g/mol. The fourth-order valence-electron chi connectivity index (χ4n) is 11.2. The molecule has 5 heteroatoms. The van der Waals surface area contributed by atoms with E-state index in [1.807, 2.05) is 6.07 Å². The molecular formula is C64H38N4O. The van der Waals surface area contributed by atoms with Crippen molar-refractivity contribution in [1.82, 2.24) is 19.1 Å². The van der Waals surface area contributed by atoms with Gasteiger partial charge in [0.25, 0.3) is 0 Å². The van der Waals surface area contributed by atoms with E-state index in [1.54, 1.807) is 0 Å². The van der Waals surface area contributed by atoms with Gasteiger partial charge < -0.3 is 8.98 Å². The molecule has 0 spiro atoms. The number of rotatable bonds is 5. The minimum Gasteiger partial charge on any atom is -0.455 e. The summed E-state index contributed by atoms with van der Waals surface area (Å²) < 4.78 is 11.5. The Kier molecular flexibility index (Phi) is 8.00. The van der Waals surface area contributed by atoms with Gasteiger partial charge in [-0.25, -0.2) is 9.97 Å². The number of nitrogens with zero attached hydrogens (tertiary/aromatic N) is 4. The number of aromatic nitrogens is 4. The highest BCUT2D eigenvalue weighted by molar-refractivity contribution is 6.30. The van der Waals surface area contributed by atoms with Gasteiger partial charge in [0.05, 0.1) is 33.5 Å². The zero-order chi connectivity index (χ0) is 45.2. The van der Waals surface area contributed by atoms with Crippen LogP contribution < -0.4 is 0 Å². The SMILES string of the molecule is c1ccc(-c2cc(-c3cccc4ccccc34)nc(-n3c4ccc(-c5ccc6c7c8ccccc8ccc7n(-c7ccccc7)c6c5)cc4c4c5c(ccc43)oc3c4ccccc4ccc35)n2)cc1. The lowest BCUT2D eigenvalue weighted by molar-refractivity contribution is 0.673. The van der Waals surface area contributed by atoms with Crippen molar-refractivity contribution in [2.75, 3.05) is 0 Å². The Labute approximate surface area is 395 Å². The third-order valence-electron chi connectivity index (χ3n) is 14.3. The molecule has 15 aromatic rings.